The average molecular weight is 438 g/mol. The number of benzene rings is 1. The molecule has 32 heavy (non-hydrogen) atoms. The predicted molar refractivity (Wildman–Crippen MR) is 121 cm³/mol. The fourth-order valence-corrected chi connectivity index (χ4v) is 4.47. The van der Waals surface area contributed by atoms with Crippen LogP contribution < -0.4 is 9.47 Å². The number of ether oxygens (including phenoxy) is 2. The lowest BCUT2D eigenvalue weighted by Crippen LogP contribution is -2.53. The number of carbonyl (C=O) groups is 2. The van der Waals surface area contributed by atoms with Crippen LogP contribution in [0.25, 0.3) is 0 Å². The minimum absolute atomic E-state index is 0.00601. The second-order valence-electron chi connectivity index (χ2n) is 8.60. The molecule has 1 saturated carbocycles. The summed E-state index contributed by atoms with van der Waals surface area (Å²) in [5.41, 5.74) is 1.55. The van der Waals surface area contributed by atoms with Gasteiger partial charge in [0.1, 0.15) is 11.5 Å². The molecule has 170 valence electrons. The van der Waals surface area contributed by atoms with E-state index in [9.17, 15) is 9.59 Å². The van der Waals surface area contributed by atoms with Crippen LogP contribution >= 0.6 is 0 Å². The van der Waals surface area contributed by atoms with Gasteiger partial charge in [-0.2, -0.15) is 0 Å². The molecule has 2 amide bonds. The Kier molecular flexibility index (Phi) is 6.93. The lowest BCUT2D eigenvalue weighted by molar-refractivity contribution is -0.142. The Hall–Kier alpha value is -3.09. The van der Waals surface area contributed by atoms with Crippen LogP contribution in [0, 0.1) is 5.92 Å². The summed E-state index contributed by atoms with van der Waals surface area (Å²) in [6.07, 6.45) is 8.34. The molecule has 1 saturated heterocycles. The highest BCUT2D eigenvalue weighted by atomic mass is 16.5. The minimum atomic E-state index is -0.0654. The molecule has 0 radical (unpaired) electrons. The van der Waals surface area contributed by atoms with Crippen LogP contribution in [0.2, 0.25) is 0 Å². The number of nitrogens with zero attached hydrogens (tertiary/aromatic N) is 3. The zero-order valence-electron chi connectivity index (χ0n) is 18.8. The quantitative estimate of drug-likeness (QED) is 0.663. The van der Waals surface area contributed by atoms with Crippen molar-refractivity contribution < 1.29 is 19.1 Å². The summed E-state index contributed by atoms with van der Waals surface area (Å²) in [4.78, 5) is 34.7. The number of methoxy groups -OCH3 is 2. The third-order valence-electron chi connectivity index (χ3n) is 6.54. The van der Waals surface area contributed by atoms with Gasteiger partial charge in [-0.05, 0) is 49.4 Å². The van der Waals surface area contributed by atoms with E-state index in [1.165, 1.54) is 0 Å². The normalized spacial score (nSPS) is 18.6. The second-order valence-corrected chi connectivity index (χ2v) is 8.60. The zero-order chi connectivity index (χ0) is 22.5. The maximum atomic E-state index is 13.3. The number of hydrogen-bond acceptors (Lipinski definition) is 5. The van der Waals surface area contributed by atoms with Gasteiger partial charge in [-0.3, -0.25) is 14.6 Å². The van der Waals surface area contributed by atoms with Crippen LogP contribution in [-0.4, -0.2) is 59.9 Å². The first kappa shape index (κ1) is 22.1. The molecule has 7 nitrogen and oxygen atoms in total. The molecule has 1 aromatic heterocycles. The summed E-state index contributed by atoms with van der Waals surface area (Å²) in [6, 6.07) is 9.12. The summed E-state index contributed by atoms with van der Waals surface area (Å²) in [5, 5.41) is 0. The van der Waals surface area contributed by atoms with E-state index in [0.29, 0.717) is 36.7 Å². The van der Waals surface area contributed by atoms with Crippen molar-refractivity contribution in [2.45, 2.75) is 44.7 Å². The van der Waals surface area contributed by atoms with Crippen molar-refractivity contribution in [2.75, 3.05) is 27.3 Å². The van der Waals surface area contributed by atoms with Crippen LogP contribution in [0.3, 0.4) is 0 Å². The molecule has 1 unspecified atom stereocenters. The van der Waals surface area contributed by atoms with E-state index in [1.54, 1.807) is 38.6 Å². The van der Waals surface area contributed by atoms with Gasteiger partial charge in [0, 0.05) is 55.6 Å². The van der Waals surface area contributed by atoms with E-state index in [4.69, 9.17) is 9.47 Å². The van der Waals surface area contributed by atoms with Crippen molar-refractivity contribution >= 4 is 11.8 Å². The average Bonchev–Trinajstić information content (AvgIpc) is 2.81. The van der Waals surface area contributed by atoms with Crippen molar-refractivity contribution in [3.63, 3.8) is 0 Å². The Morgan fingerprint density at radius 2 is 1.84 bits per heavy atom. The number of hydrogen-bond donors (Lipinski definition) is 0. The van der Waals surface area contributed by atoms with Gasteiger partial charge >= 0.3 is 0 Å². The van der Waals surface area contributed by atoms with Crippen molar-refractivity contribution in [2.24, 2.45) is 5.92 Å². The molecule has 2 heterocycles. The first-order valence-electron chi connectivity index (χ1n) is 11.3. The van der Waals surface area contributed by atoms with Crippen LogP contribution in [0.4, 0.5) is 0 Å². The minimum Gasteiger partial charge on any atom is -0.497 e. The fraction of sp³-hybridized carbons (Fsp3) is 0.480. The molecular formula is C25H31N3O4. The Morgan fingerprint density at radius 3 is 2.44 bits per heavy atom. The Balaban J connectivity index is 1.53. The molecular weight excluding hydrogens is 406 g/mol. The number of carbonyl (C=O) groups excluding carboxylic acids is 2. The number of pyridine rings is 1. The van der Waals surface area contributed by atoms with E-state index in [2.05, 4.69) is 4.98 Å². The van der Waals surface area contributed by atoms with Crippen molar-refractivity contribution in [3.05, 3.63) is 53.9 Å². The highest BCUT2D eigenvalue weighted by Crippen LogP contribution is 2.31. The summed E-state index contributed by atoms with van der Waals surface area (Å²) >= 11 is 0. The third-order valence-corrected chi connectivity index (χ3v) is 6.54. The Bertz CT molecular complexity index is 923. The molecule has 2 fully saturated rings. The molecule has 7 heteroatoms. The van der Waals surface area contributed by atoms with E-state index in [0.717, 1.165) is 37.7 Å². The van der Waals surface area contributed by atoms with E-state index >= 15 is 0 Å². The smallest absolute Gasteiger partial charge is 0.254 e. The molecule has 0 spiro atoms. The molecule has 1 aliphatic carbocycles. The van der Waals surface area contributed by atoms with E-state index in [1.807, 2.05) is 28.1 Å². The monoisotopic (exact) mass is 437 g/mol. The first-order valence-corrected chi connectivity index (χ1v) is 11.3. The fourth-order valence-electron chi connectivity index (χ4n) is 4.47. The van der Waals surface area contributed by atoms with Crippen molar-refractivity contribution in [1.29, 1.82) is 0 Å². The zero-order valence-corrected chi connectivity index (χ0v) is 18.8. The van der Waals surface area contributed by atoms with Crippen molar-refractivity contribution in [1.82, 2.24) is 14.8 Å². The van der Waals surface area contributed by atoms with E-state index < -0.39 is 0 Å². The van der Waals surface area contributed by atoms with Gasteiger partial charge in [0.15, 0.2) is 0 Å². The van der Waals surface area contributed by atoms with Gasteiger partial charge in [0.05, 0.1) is 14.2 Å². The second kappa shape index (κ2) is 10.0. The molecule has 1 aliphatic heterocycles. The number of rotatable bonds is 7. The Morgan fingerprint density at radius 1 is 1.09 bits per heavy atom. The maximum Gasteiger partial charge on any atom is 0.254 e. The van der Waals surface area contributed by atoms with Crippen LogP contribution in [0.1, 0.15) is 48.0 Å². The summed E-state index contributed by atoms with van der Waals surface area (Å²) in [6.45, 7) is 1.73. The summed E-state index contributed by atoms with van der Waals surface area (Å²) in [7, 11) is 3.14. The van der Waals surface area contributed by atoms with Gasteiger partial charge < -0.3 is 19.3 Å². The van der Waals surface area contributed by atoms with Gasteiger partial charge in [-0.1, -0.05) is 12.5 Å². The van der Waals surface area contributed by atoms with Crippen molar-refractivity contribution in [3.8, 4) is 11.5 Å². The largest absolute Gasteiger partial charge is 0.497 e. The van der Waals surface area contributed by atoms with Crippen LogP contribution in [-0.2, 0) is 11.3 Å². The van der Waals surface area contributed by atoms with Crippen LogP contribution in [0.15, 0.2) is 42.7 Å². The number of aromatic nitrogens is 1. The van der Waals surface area contributed by atoms with Gasteiger partial charge in [-0.15, -0.1) is 0 Å². The Labute approximate surface area is 189 Å². The molecule has 2 aromatic rings. The highest BCUT2D eigenvalue weighted by molar-refractivity contribution is 5.95. The van der Waals surface area contributed by atoms with Gasteiger partial charge in [0.25, 0.3) is 5.91 Å². The summed E-state index contributed by atoms with van der Waals surface area (Å²) in [5.74, 6) is 1.42. The maximum absolute atomic E-state index is 13.3. The lowest BCUT2D eigenvalue weighted by Gasteiger charge is -2.42. The number of amides is 2. The number of likely N-dealkylation sites (tertiary alicyclic amines) is 1. The van der Waals surface area contributed by atoms with E-state index in [-0.39, 0.29) is 23.8 Å². The standard InChI is InChI=1S/C25H31N3O4/c1-31-22-12-20(13-23(14-22)32-2)24(29)27-11-5-9-21(17-27)28(25(30)19-7-3-8-19)16-18-6-4-10-26-15-18/h4,6,10,12-15,19,21H,3,5,7-9,11,16-17H2,1-2H3. The molecule has 1 aromatic carbocycles. The molecule has 0 bridgehead atoms. The molecule has 0 N–H and O–H groups in total. The van der Waals surface area contributed by atoms with Crippen LogP contribution in [0.5, 0.6) is 11.5 Å². The predicted octanol–water partition coefficient (Wildman–Crippen LogP) is 3.53. The number of piperidine rings is 1. The topological polar surface area (TPSA) is 72.0 Å². The summed E-state index contributed by atoms with van der Waals surface area (Å²) < 4.78 is 10.7. The third kappa shape index (κ3) is 4.87. The molecule has 4 rings (SSSR count). The highest BCUT2D eigenvalue weighted by Gasteiger charge is 2.36. The molecule has 1 atom stereocenters. The SMILES string of the molecule is COc1cc(OC)cc(C(=O)N2CCCC(N(Cc3cccnc3)C(=O)C3CCC3)C2)c1. The lowest BCUT2D eigenvalue weighted by atomic mass is 9.83. The van der Waals surface area contributed by atoms with Gasteiger partial charge in [-0.25, -0.2) is 0 Å². The van der Waals surface area contributed by atoms with Gasteiger partial charge in [0.2, 0.25) is 5.91 Å². The first-order chi connectivity index (χ1) is 15.6. The molecule has 2 aliphatic rings.